The summed E-state index contributed by atoms with van der Waals surface area (Å²) in [4.78, 5) is 21.1. The molecule has 1 aliphatic rings. The van der Waals surface area contributed by atoms with Crippen molar-refractivity contribution in [1.82, 2.24) is 15.3 Å². The Labute approximate surface area is 145 Å². The number of amides is 1. The second-order valence-electron chi connectivity index (χ2n) is 6.49. The van der Waals surface area contributed by atoms with Crippen LogP contribution in [0, 0.1) is 5.92 Å². The molecule has 1 aromatic heterocycles. The molecular formula is C20H19N3O2. The molecule has 5 nitrogen and oxygen atoms in total. The molecule has 0 radical (unpaired) electrons. The molecule has 126 valence electrons. The lowest BCUT2D eigenvalue weighted by molar-refractivity contribution is 0.0134. The minimum absolute atomic E-state index is 0.162. The molecule has 2 N–H and O–H groups in total. The Morgan fingerprint density at radius 1 is 1.08 bits per heavy atom. The zero-order valence-corrected chi connectivity index (χ0v) is 13.7. The van der Waals surface area contributed by atoms with Crippen LogP contribution in [0.2, 0.25) is 0 Å². The highest BCUT2D eigenvalue weighted by Gasteiger charge is 2.45. The van der Waals surface area contributed by atoms with E-state index < -0.39 is 5.60 Å². The van der Waals surface area contributed by atoms with E-state index >= 15 is 0 Å². The van der Waals surface area contributed by atoms with Crippen molar-refractivity contribution in [1.29, 1.82) is 0 Å². The molecule has 3 aromatic rings. The SMILES string of the molecule is O=C(NCC(O)(c1ccccc1)C1CC1)c1cnc2ccccc2n1. The monoisotopic (exact) mass is 333 g/mol. The van der Waals surface area contributed by atoms with Crippen LogP contribution in [0.1, 0.15) is 28.9 Å². The topological polar surface area (TPSA) is 75.1 Å². The molecule has 0 spiro atoms. The highest BCUT2D eigenvalue weighted by Crippen LogP contribution is 2.45. The third kappa shape index (κ3) is 3.10. The quantitative estimate of drug-likeness (QED) is 0.753. The number of rotatable bonds is 5. The van der Waals surface area contributed by atoms with Crippen LogP contribution in [-0.2, 0) is 5.60 Å². The lowest BCUT2D eigenvalue weighted by Crippen LogP contribution is -2.42. The first-order chi connectivity index (χ1) is 12.2. The molecular weight excluding hydrogens is 314 g/mol. The summed E-state index contributed by atoms with van der Waals surface area (Å²) in [6.45, 7) is 0.162. The third-order valence-electron chi connectivity index (χ3n) is 4.73. The summed E-state index contributed by atoms with van der Waals surface area (Å²) in [7, 11) is 0. The van der Waals surface area contributed by atoms with Crippen molar-refractivity contribution in [2.45, 2.75) is 18.4 Å². The maximum atomic E-state index is 12.5. The zero-order valence-electron chi connectivity index (χ0n) is 13.7. The number of nitrogens with one attached hydrogen (secondary N) is 1. The second kappa shape index (κ2) is 6.26. The Kier molecular flexibility index (Phi) is 3.93. The number of hydrogen-bond acceptors (Lipinski definition) is 4. The number of aromatic nitrogens is 2. The van der Waals surface area contributed by atoms with Gasteiger partial charge in [-0.15, -0.1) is 0 Å². The average molecular weight is 333 g/mol. The first-order valence-corrected chi connectivity index (χ1v) is 8.45. The van der Waals surface area contributed by atoms with E-state index in [-0.39, 0.29) is 24.1 Å². The number of carbonyl (C=O) groups excluding carboxylic acids is 1. The van der Waals surface area contributed by atoms with Gasteiger partial charge in [0.05, 0.1) is 23.8 Å². The van der Waals surface area contributed by atoms with Gasteiger partial charge in [-0.25, -0.2) is 4.98 Å². The Morgan fingerprint density at radius 2 is 1.76 bits per heavy atom. The maximum Gasteiger partial charge on any atom is 0.271 e. The number of carbonyl (C=O) groups is 1. The molecule has 0 saturated heterocycles. The van der Waals surface area contributed by atoms with Gasteiger partial charge in [-0.1, -0.05) is 42.5 Å². The molecule has 0 bridgehead atoms. The summed E-state index contributed by atoms with van der Waals surface area (Å²) in [5, 5.41) is 14.0. The molecule has 5 heteroatoms. The van der Waals surface area contributed by atoms with Crippen LogP contribution in [-0.4, -0.2) is 27.5 Å². The summed E-state index contributed by atoms with van der Waals surface area (Å²) < 4.78 is 0. The summed E-state index contributed by atoms with van der Waals surface area (Å²) >= 11 is 0. The van der Waals surface area contributed by atoms with Gasteiger partial charge < -0.3 is 10.4 Å². The molecule has 1 heterocycles. The third-order valence-corrected chi connectivity index (χ3v) is 4.73. The summed E-state index contributed by atoms with van der Waals surface area (Å²) in [6.07, 6.45) is 3.41. The lowest BCUT2D eigenvalue weighted by Gasteiger charge is -2.29. The maximum absolute atomic E-state index is 12.5. The van der Waals surface area contributed by atoms with Crippen molar-refractivity contribution in [3.63, 3.8) is 0 Å². The zero-order chi connectivity index (χ0) is 17.3. The van der Waals surface area contributed by atoms with Crippen molar-refractivity contribution >= 4 is 16.9 Å². The standard InChI is InChI=1S/C20H19N3O2/c24-19(18-12-21-16-8-4-5-9-17(16)23-18)22-13-20(25,15-10-11-15)14-6-2-1-3-7-14/h1-9,12,15,25H,10-11,13H2,(H,22,24). The van der Waals surface area contributed by atoms with Crippen molar-refractivity contribution in [3.8, 4) is 0 Å². The van der Waals surface area contributed by atoms with Crippen LogP contribution < -0.4 is 5.32 Å². The molecule has 4 rings (SSSR count). The fourth-order valence-corrected chi connectivity index (χ4v) is 3.14. The first kappa shape index (κ1) is 15.7. The van der Waals surface area contributed by atoms with Crippen LogP contribution in [0.4, 0.5) is 0 Å². The molecule has 25 heavy (non-hydrogen) atoms. The number of para-hydroxylation sites is 2. The van der Waals surface area contributed by atoms with Crippen molar-refractivity contribution in [3.05, 3.63) is 72.1 Å². The molecule has 1 saturated carbocycles. The van der Waals surface area contributed by atoms with E-state index in [2.05, 4.69) is 15.3 Å². The van der Waals surface area contributed by atoms with E-state index in [1.54, 1.807) is 0 Å². The predicted molar refractivity (Wildman–Crippen MR) is 94.9 cm³/mol. The molecule has 1 fully saturated rings. The molecule has 2 aromatic carbocycles. The Morgan fingerprint density at radius 3 is 2.48 bits per heavy atom. The van der Waals surface area contributed by atoms with Crippen LogP contribution in [0.15, 0.2) is 60.8 Å². The number of aliphatic hydroxyl groups is 1. The van der Waals surface area contributed by atoms with Crippen LogP contribution in [0.25, 0.3) is 11.0 Å². The summed E-state index contributed by atoms with van der Waals surface area (Å²) in [5.74, 6) is -0.147. The number of fused-ring (bicyclic) bond motifs is 1. The fourth-order valence-electron chi connectivity index (χ4n) is 3.14. The number of benzene rings is 2. The second-order valence-corrected chi connectivity index (χ2v) is 6.49. The van der Waals surface area contributed by atoms with E-state index in [9.17, 15) is 9.90 Å². The summed E-state index contributed by atoms with van der Waals surface area (Å²) in [6, 6.07) is 16.9. The largest absolute Gasteiger partial charge is 0.383 e. The fraction of sp³-hybridized carbons (Fsp3) is 0.250. The minimum Gasteiger partial charge on any atom is -0.383 e. The van der Waals surface area contributed by atoms with Crippen molar-refractivity contribution in [2.24, 2.45) is 5.92 Å². The molecule has 1 atom stereocenters. The Bertz CT molecular complexity index is 909. The van der Waals surface area contributed by atoms with Gasteiger partial charge in [0.15, 0.2) is 0 Å². The molecule has 1 unspecified atom stereocenters. The van der Waals surface area contributed by atoms with E-state index in [0.29, 0.717) is 5.52 Å². The van der Waals surface area contributed by atoms with Crippen LogP contribution >= 0.6 is 0 Å². The lowest BCUT2D eigenvalue weighted by atomic mass is 9.88. The van der Waals surface area contributed by atoms with Crippen molar-refractivity contribution in [2.75, 3.05) is 6.54 Å². The highest BCUT2D eigenvalue weighted by molar-refractivity contribution is 5.93. The van der Waals surface area contributed by atoms with E-state index in [4.69, 9.17) is 0 Å². The van der Waals surface area contributed by atoms with E-state index in [1.807, 2.05) is 54.6 Å². The van der Waals surface area contributed by atoms with Gasteiger partial charge in [0, 0.05) is 0 Å². The number of nitrogens with zero attached hydrogens (tertiary/aromatic N) is 2. The summed E-state index contributed by atoms with van der Waals surface area (Å²) in [5.41, 5.74) is 1.47. The Balaban J connectivity index is 1.53. The van der Waals surface area contributed by atoms with Gasteiger partial charge in [-0.2, -0.15) is 0 Å². The first-order valence-electron chi connectivity index (χ1n) is 8.45. The van der Waals surface area contributed by atoms with Gasteiger partial charge in [0.1, 0.15) is 11.3 Å². The van der Waals surface area contributed by atoms with Crippen LogP contribution in [0.5, 0.6) is 0 Å². The van der Waals surface area contributed by atoms with Gasteiger partial charge in [-0.3, -0.25) is 9.78 Å². The molecule has 1 amide bonds. The van der Waals surface area contributed by atoms with Crippen LogP contribution in [0.3, 0.4) is 0 Å². The van der Waals surface area contributed by atoms with Crippen molar-refractivity contribution < 1.29 is 9.90 Å². The minimum atomic E-state index is -1.04. The molecule has 1 aliphatic carbocycles. The Hall–Kier alpha value is -2.79. The van der Waals surface area contributed by atoms with Gasteiger partial charge in [0.2, 0.25) is 0 Å². The highest BCUT2D eigenvalue weighted by atomic mass is 16.3. The van der Waals surface area contributed by atoms with E-state index in [1.165, 1.54) is 6.20 Å². The molecule has 0 aliphatic heterocycles. The predicted octanol–water partition coefficient (Wildman–Crippen LogP) is 2.66. The van der Waals surface area contributed by atoms with Gasteiger partial charge in [0.25, 0.3) is 5.91 Å². The normalized spacial score (nSPS) is 16.4. The smallest absolute Gasteiger partial charge is 0.271 e. The number of hydrogen-bond donors (Lipinski definition) is 2. The van der Waals surface area contributed by atoms with E-state index in [0.717, 1.165) is 23.9 Å². The average Bonchev–Trinajstić information content (AvgIpc) is 3.52. The van der Waals surface area contributed by atoms with Gasteiger partial charge >= 0.3 is 0 Å². The van der Waals surface area contributed by atoms with Gasteiger partial charge in [-0.05, 0) is 36.5 Å².